The van der Waals surface area contributed by atoms with Crippen molar-refractivity contribution < 1.29 is 9.84 Å². The Balaban J connectivity index is 0.00000169. The van der Waals surface area contributed by atoms with E-state index in [4.69, 9.17) is 0 Å². The highest BCUT2D eigenvalue weighted by Gasteiger charge is 2.15. The van der Waals surface area contributed by atoms with Crippen molar-refractivity contribution in [1.82, 2.24) is 4.31 Å². The second-order valence-electron chi connectivity index (χ2n) is 3.10. The molecule has 1 aromatic carbocycles. The highest BCUT2D eigenvalue weighted by atomic mass is 32.2. The summed E-state index contributed by atoms with van der Waals surface area (Å²) in [6.45, 7) is 1.92. The fourth-order valence-corrected chi connectivity index (χ4v) is 1.82. The van der Waals surface area contributed by atoms with Crippen LogP contribution in [0.25, 0.3) is 0 Å². The van der Waals surface area contributed by atoms with E-state index < -0.39 is 10.0 Å². The lowest BCUT2D eigenvalue weighted by atomic mass is 10.2. The molecule has 0 aliphatic heterocycles. The van der Waals surface area contributed by atoms with E-state index in [0.717, 1.165) is 5.56 Å². The Morgan fingerprint density at radius 2 is 1.62 bits per heavy atom. The van der Waals surface area contributed by atoms with Crippen molar-refractivity contribution in [2.75, 3.05) is 14.1 Å². The van der Waals surface area contributed by atoms with Crippen molar-refractivity contribution in [3.05, 3.63) is 29.8 Å². The molecule has 4 heteroatoms. The van der Waals surface area contributed by atoms with Gasteiger partial charge in [0.05, 0.1) is 4.90 Å². The van der Waals surface area contributed by atoms with Gasteiger partial charge in [0, 0.05) is 15.5 Å². The number of sulfonamides is 1. The lowest BCUT2D eigenvalue weighted by Crippen LogP contribution is -2.22. The standard InChI is InChI=1S/C9H13NO2S.H2/c1-8-4-6-9(7-5-8)13(11,12)10(2)3;/h4-7H,1-3H3;1H. The number of benzene rings is 1. The van der Waals surface area contributed by atoms with Crippen LogP contribution in [0.1, 0.15) is 6.99 Å². The van der Waals surface area contributed by atoms with Gasteiger partial charge in [-0.3, -0.25) is 0 Å². The van der Waals surface area contributed by atoms with Gasteiger partial charge in [0.2, 0.25) is 10.0 Å². The lowest BCUT2D eigenvalue weighted by Gasteiger charge is -2.10. The third-order valence-corrected chi connectivity index (χ3v) is 3.63. The molecular formula is C9H15NO2S. The van der Waals surface area contributed by atoms with Crippen molar-refractivity contribution in [2.24, 2.45) is 0 Å². The van der Waals surface area contributed by atoms with Gasteiger partial charge in [-0.15, -0.1) is 0 Å². The molecular weight excluding hydrogens is 186 g/mol. The second-order valence-corrected chi connectivity index (χ2v) is 5.25. The Morgan fingerprint density at radius 3 is 2.00 bits per heavy atom. The third-order valence-electron chi connectivity index (χ3n) is 1.80. The quantitative estimate of drug-likeness (QED) is 0.727. The summed E-state index contributed by atoms with van der Waals surface area (Å²) in [7, 11) is -0.214. The maximum atomic E-state index is 11.6. The first-order valence-electron chi connectivity index (χ1n) is 3.94. The van der Waals surface area contributed by atoms with E-state index in [-0.39, 0.29) is 1.43 Å². The number of aryl methyl sites for hydroxylation is 1. The second kappa shape index (κ2) is 3.47. The highest BCUT2D eigenvalue weighted by molar-refractivity contribution is 7.89. The minimum absolute atomic E-state index is 0. The molecule has 0 aromatic heterocycles. The minimum atomic E-state index is -3.26. The van der Waals surface area contributed by atoms with Crippen molar-refractivity contribution in [2.45, 2.75) is 11.8 Å². The fourth-order valence-electron chi connectivity index (χ4n) is 0.921. The zero-order valence-electron chi connectivity index (χ0n) is 7.98. The van der Waals surface area contributed by atoms with Gasteiger partial charge in [-0.2, -0.15) is 0 Å². The first-order chi connectivity index (χ1) is 5.94. The van der Waals surface area contributed by atoms with Gasteiger partial charge in [-0.25, -0.2) is 12.7 Å². The van der Waals surface area contributed by atoms with Crippen molar-refractivity contribution >= 4 is 10.0 Å². The normalized spacial score (nSPS) is 12.0. The number of rotatable bonds is 2. The van der Waals surface area contributed by atoms with Crippen molar-refractivity contribution in [3.8, 4) is 0 Å². The van der Waals surface area contributed by atoms with Crippen LogP contribution in [0.5, 0.6) is 0 Å². The van der Waals surface area contributed by atoms with Crippen LogP contribution in [0.2, 0.25) is 0 Å². The Labute approximate surface area is 80.5 Å². The number of nitrogens with zero attached hydrogens (tertiary/aromatic N) is 1. The van der Waals surface area contributed by atoms with Gasteiger partial charge in [0.15, 0.2) is 0 Å². The first kappa shape index (κ1) is 10.2. The highest BCUT2D eigenvalue weighted by Crippen LogP contribution is 2.12. The summed E-state index contributed by atoms with van der Waals surface area (Å²) in [6, 6.07) is 6.81. The molecule has 0 saturated carbocycles. The average Bonchev–Trinajstić information content (AvgIpc) is 2.04. The number of hydrogen-bond acceptors (Lipinski definition) is 2. The predicted octanol–water partition coefficient (Wildman–Crippen LogP) is 1.49. The van der Waals surface area contributed by atoms with E-state index in [9.17, 15) is 8.42 Å². The van der Waals surface area contributed by atoms with E-state index in [1.165, 1.54) is 18.4 Å². The SMILES string of the molecule is Cc1ccc(S(=O)(=O)N(C)C)cc1.[HH]. The summed E-state index contributed by atoms with van der Waals surface area (Å²) in [5.74, 6) is 0. The molecule has 0 atom stereocenters. The summed E-state index contributed by atoms with van der Waals surface area (Å²) in [5, 5.41) is 0. The molecule has 0 aliphatic rings. The Kier molecular flexibility index (Phi) is 2.73. The Morgan fingerprint density at radius 1 is 1.15 bits per heavy atom. The maximum absolute atomic E-state index is 11.6. The van der Waals surface area contributed by atoms with Gasteiger partial charge in [0.25, 0.3) is 0 Å². The maximum Gasteiger partial charge on any atom is 0.242 e. The molecule has 74 valence electrons. The van der Waals surface area contributed by atoms with Crippen LogP contribution >= 0.6 is 0 Å². The zero-order chi connectivity index (χ0) is 10.1. The molecule has 0 spiro atoms. The summed E-state index contributed by atoms with van der Waals surface area (Å²) < 4.78 is 24.3. The molecule has 0 N–H and O–H groups in total. The molecule has 0 aliphatic carbocycles. The van der Waals surface area contributed by atoms with Crippen molar-refractivity contribution in [3.63, 3.8) is 0 Å². The van der Waals surface area contributed by atoms with Gasteiger partial charge < -0.3 is 0 Å². The zero-order valence-corrected chi connectivity index (χ0v) is 8.80. The van der Waals surface area contributed by atoms with Crippen LogP contribution in [0.4, 0.5) is 0 Å². The molecule has 1 rings (SSSR count). The smallest absolute Gasteiger partial charge is 0.207 e. The van der Waals surface area contributed by atoms with Crippen LogP contribution in [0, 0.1) is 6.92 Å². The van der Waals surface area contributed by atoms with Gasteiger partial charge in [0.1, 0.15) is 0 Å². The van der Waals surface area contributed by atoms with Crippen molar-refractivity contribution in [1.29, 1.82) is 0 Å². The first-order valence-corrected chi connectivity index (χ1v) is 5.38. The summed E-state index contributed by atoms with van der Waals surface area (Å²) in [6.07, 6.45) is 0. The minimum Gasteiger partial charge on any atom is -0.207 e. The predicted molar refractivity (Wildman–Crippen MR) is 54.2 cm³/mol. The van der Waals surface area contributed by atoms with E-state index in [1.807, 2.05) is 6.92 Å². The summed E-state index contributed by atoms with van der Waals surface area (Å²) in [5.41, 5.74) is 1.05. The van der Waals surface area contributed by atoms with Crippen LogP contribution in [-0.2, 0) is 10.0 Å². The van der Waals surface area contributed by atoms with Gasteiger partial charge in [-0.05, 0) is 19.1 Å². The molecule has 0 heterocycles. The van der Waals surface area contributed by atoms with Crippen LogP contribution < -0.4 is 0 Å². The Bertz CT molecular complexity index is 384. The molecule has 0 bridgehead atoms. The molecule has 3 nitrogen and oxygen atoms in total. The summed E-state index contributed by atoms with van der Waals surface area (Å²) >= 11 is 0. The van der Waals surface area contributed by atoms with Crippen LogP contribution in [0.3, 0.4) is 0 Å². The topological polar surface area (TPSA) is 37.4 Å². The molecule has 0 fully saturated rings. The third kappa shape index (κ3) is 2.08. The number of hydrogen-bond donors (Lipinski definition) is 0. The summed E-state index contributed by atoms with van der Waals surface area (Å²) in [4.78, 5) is 0.336. The van der Waals surface area contributed by atoms with E-state index in [0.29, 0.717) is 4.90 Å². The molecule has 0 unspecified atom stereocenters. The Hall–Kier alpha value is -0.870. The van der Waals surface area contributed by atoms with Gasteiger partial charge in [-0.1, -0.05) is 17.7 Å². The molecule has 13 heavy (non-hydrogen) atoms. The fraction of sp³-hybridized carbons (Fsp3) is 0.333. The van der Waals surface area contributed by atoms with Gasteiger partial charge >= 0.3 is 0 Å². The van der Waals surface area contributed by atoms with E-state index in [1.54, 1.807) is 24.3 Å². The largest absolute Gasteiger partial charge is 0.242 e. The van der Waals surface area contributed by atoms with Crippen LogP contribution in [0.15, 0.2) is 29.2 Å². The van der Waals surface area contributed by atoms with E-state index >= 15 is 0 Å². The molecule has 0 saturated heterocycles. The molecule has 0 radical (unpaired) electrons. The molecule has 1 aromatic rings. The molecule has 0 amide bonds. The lowest BCUT2D eigenvalue weighted by molar-refractivity contribution is 0.521. The monoisotopic (exact) mass is 201 g/mol. The van der Waals surface area contributed by atoms with E-state index in [2.05, 4.69) is 0 Å². The van der Waals surface area contributed by atoms with Crippen LogP contribution in [-0.4, -0.2) is 26.8 Å². The average molecular weight is 201 g/mol.